The van der Waals surface area contributed by atoms with E-state index in [9.17, 15) is 13.2 Å². The summed E-state index contributed by atoms with van der Waals surface area (Å²) in [7, 11) is 0. The fraction of sp³-hybridized carbons (Fsp3) is 0.700. The summed E-state index contributed by atoms with van der Waals surface area (Å²) < 4.78 is 36.8. The molecule has 1 aromatic carbocycles. The summed E-state index contributed by atoms with van der Waals surface area (Å²) >= 11 is 0. The maximum absolute atomic E-state index is 12.3. The first kappa shape index (κ1) is 18.4. The number of hydrogen-bond donors (Lipinski definition) is 0. The van der Waals surface area contributed by atoms with E-state index in [0.29, 0.717) is 5.92 Å². The molecule has 0 amide bonds. The highest BCUT2D eigenvalue weighted by Gasteiger charge is 2.26. The maximum Gasteiger partial charge on any atom is 0.389 e. The van der Waals surface area contributed by atoms with Gasteiger partial charge in [0.1, 0.15) is 0 Å². The third-order valence-electron chi connectivity index (χ3n) is 5.21. The van der Waals surface area contributed by atoms with Crippen molar-refractivity contribution in [3.63, 3.8) is 0 Å². The maximum atomic E-state index is 12.3. The van der Waals surface area contributed by atoms with Crippen molar-refractivity contribution in [3.05, 3.63) is 35.4 Å². The molecule has 0 bridgehead atoms. The van der Waals surface area contributed by atoms with Gasteiger partial charge in [-0.2, -0.15) is 13.2 Å². The zero-order valence-electron chi connectivity index (χ0n) is 14.2. The van der Waals surface area contributed by atoms with E-state index in [0.717, 1.165) is 11.5 Å². The van der Waals surface area contributed by atoms with E-state index in [1.807, 2.05) is 24.3 Å². The molecule has 1 saturated carbocycles. The largest absolute Gasteiger partial charge is 0.389 e. The summed E-state index contributed by atoms with van der Waals surface area (Å²) in [6.45, 7) is 2.25. The lowest BCUT2D eigenvalue weighted by molar-refractivity contribution is -0.133. The lowest BCUT2D eigenvalue weighted by Gasteiger charge is -2.29. The van der Waals surface area contributed by atoms with Gasteiger partial charge in [-0.15, -0.1) is 0 Å². The fourth-order valence-electron chi connectivity index (χ4n) is 3.71. The van der Waals surface area contributed by atoms with E-state index < -0.39 is 12.6 Å². The van der Waals surface area contributed by atoms with Crippen LogP contribution in [0.1, 0.15) is 81.8 Å². The Hall–Kier alpha value is -0.990. The van der Waals surface area contributed by atoms with E-state index in [2.05, 4.69) is 6.92 Å². The molecule has 1 aliphatic rings. The monoisotopic (exact) mass is 326 g/mol. The molecule has 3 heteroatoms. The van der Waals surface area contributed by atoms with Crippen molar-refractivity contribution in [1.29, 1.82) is 0 Å². The molecule has 130 valence electrons. The third-order valence-corrected chi connectivity index (χ3v) is 5.21. The van der Waals surface area contributed by atoms with Crippen LogP contribution in [0.2, 0.25) is 0 Å². The van der Waals surface area contributed by atoms with Crippen LogP contribution in [0.5, 0.6) is 0 Å². The number of unbranched alkanes of at least 4 members (excludes halogenated alkanes) is 2. The zero-order chi connectivity index (χ0) is 16.7. The van der Waals surface area contributed by atoms with E-state index in [1.54, 1.807) is 0 Å². The summed E-state index contributed by atoms with van der Waals surface area (Å²) in [5, 5.41) is 0. The zero-order valence-corrected chi connectivity index (χ0v) is 14.2. The van der Waals surface area contributed by atoms with Gasteiger partial charge < -0.3 is 0 Å². The Kier molecular flexibility index (Phi) is 6.98. The number of halogens is 3. The Morgan fingerprint density at radius 3 is 2.17 bits per heavy atom. The molecule has 0 saturated heterocycles. The number of hydrogen-bond acceptors (Lipinski definition) is 0. The van der Waals surface area contributed by atoms with Crippen molar-refractivity contribution < 1.29 is 13.2 Å². The van der Waals surface area contributed by atoms with Gasteiger partial charge in [-0.05, 0) is 55.1 Å². The summed E-state index contributed by atoms with van der Waals surface area (Å²) in [5.74, 6) is 1.50. The summed E-state index contributed by atoms with van der Waals surface area (Å²) in [4.78, 5) is 0. The molecule has 23 heavy (non-hydrogen) atoms. The van der Waals surface area contributed by atoms with Gasteiger partial charge in [0.15, 0.2) is 0 Å². The molecule has 0 spiro atoms. The molecule has 0 atom stereocenters. The summed E-state index contributed by atoms with van der Waals surface area (Å²) in [5.41, 5.74) is 2.10. The van der Waals surface area contributed by atoms with Crippen LogP contribution in [0.25, 0.3) is 0 Å². The third kappa shape index (κ3) is 6.56. The lowest BCUT2D eigenvalue weighted by Crippen LogP contribution is -2.13. The highest BCUT2D eigenvalue weighted by atomic mass is 19.4. The van der Waals surface area contributed by atoms with Crippen molar-refractivity contribution in [2.45, 2.75) is 83.2 Å². The smallest absolute Gasteiger partial charge is 0.171 e. The molecular formula is C20H29F3. The first-order valence-electron chi connectivity index (χ1n) is 9.13. The van der Waals surface area contributed by atoms with Crippen molar-refractivity contribution in [2.75, 3.05) is 0 Å². The number of benzene rings is 1. The van der Waals surface area contributed by atoms with Gasteiger partial charge in [0.2, 0.25) is 0 Å². The minimum absolute atomic E-state index is 0.0912. The van der Waals surface area contributed by atoms with Crippen molar-refractivity contribution in [2.24, 2.45) is 5.92 Å². The first-order chi connectivity index (χ1) is 11.0. The van der Waals surface area contributed by atoms with Crippen LogP contribution in [0, 0.1) is 5.92 Å². The molecule has 0 nitrogen and oxygen atoms in total. The SMILES string of the molecule is CCCCCC1CCC(c2ccc(CCC(F)(F)F)cc2)CC1. The fourth-order valence-corrected chi connectivity index (χ4v) is 3.71. The molecule has 0 N–H and O–H groups in total. The normalized spacial score (nSPS) is 22.3. The summed E-state index contributed by atoms with van der Waals surface area (Å²) in [6.07, 6.45) is 5.76. The standard InChI is InChI=1S/C20H29F3/c1-2-3-4-5-16-6-10-18(11-7-16)19-12-8-17(9-13-19)14-15-20(21,22)23/h8-9,12-13,16,18H,2-7,10-11,14-15H2,1H3. The van der Waals surface area contributed by atoms with E-state index in [4.69, 9.17) is 0 Å². The minimum Gasteiger partial charge on any atom is -0.171 e. The Morgan fingerprint density at radius 1 is 0.957 bits per heavy atom. The molecule has 0 heterocycles. The molecular weight excluding hydrogens is 297 g/mol. The van der Waals surface area contributed by atoms with Crippen LogP contribution >= 0.6 is 0 Å². The van der Waals surface area contributed by atoms with Crippen LogP contribution in [-0.2, 0) is 6.42 Å². The molecule has 0 aromatic heterocycles. The molecule has 2 rings (SSSR count). The summed E-state index contributed by atoms with van der Waals surface area (Å²) in [6, 6.07) is 7.87. The van der Waals surface area contributed by atoms with Crippen LogP contribution in [0.15, 0.2) is 24.3 Å². The van der Waals surface area contributed by atoms with Crippen molar-refractivity contribution in [3.8, 4) is 0 Å². The Balaban J connectivity index is 1.77. The highest BCUT2D eigenvalue weighted by Crippen LogP contribution is 2.37. The Bertz CT molecular complexity index is 439. The Labute approximate surface area is 138 Å². The Morgan fingerprint density at radius 2 is 1.61 bits per heavy atom. The number of rotatable bonds is 7. The second kappa shape index (κ2) is 8.75. The quantitative estimate of drug-likeness (QED) is 0.472. The first-order valence-corrected chi connectivity index (χ1v) is 9.13. The van der Waals surface area contributed by atoms with Gasteiger partial charge in [-0.25, -0.2) is 0 Å². The van der Waals surface area contributed by atoms with Gasteiger partial charge in [-0.3, -0.25) is 0 Å². The second-order valence-electron chi connectivity index (χ2n) is 7.07. The number of alkyl halides is 3. The van der Waals surface area contributed by atoms with Crippen molar-refractivity contribution >= 4 is 0 Å². The molecule has 0 unspecified atom stereocenters. The highest BCUT2D eigenvalue weighted by molar-refractivity contribution is 5.26. The van der Waals surface area contributed by atoms with Crippen LogP contribution in [-0.4, -0.2) is 6.18 Å². The molecule has 1 aromatic rings. The predicted molar refractivity (Wildman–Crippen MR) is 89.7 cm³/mol. The average molecular weight is 326 g/mol. The topological polar surface area (TPSA) is 0 Å². The molecule has 1 fully saturated rings. The van der Waals surface area contributed by atoms with Gasteiger partial charge in [-0.1, -0.05) is 56.9 Å². The van der Waals surface area contributed by atoms with E-state index in [-0.39, 0.29) is 6.42 Å². The van der Waals surface area contributed by atoms with E-state index >= 15 is 0 Å². The van der Waals surface area contributed by atoms with Crippen LogP contribution in [0.4, 0.5) is 13.2 Å². The average Bonchev–Trinajstić information content (AvgIpc) is 2.54. The minimum atomic E-state index is -4.06. The predicted octanol–water partition coefficient (Wildman–Crippen LogP) is 7.04. The van der Waals surface area contributed by atoms with Gasteiger partial charge >= 0.3 is 6.18 Å². The second-order valence-corrected chi connectivity index (χ2v) is 7.07. The van der Waals surface area contributed by atoms with Crippen LogP contribution < -0.4 is 0 Å². The van der Waals surface area contributed by atoms with Crippen molar-refractivity contribution in [1.82, 2.24) is 0 Å². The molecule has 0 radical (unpaired) electrons. The van der Waals surface area contributed by atoms with Gasteiger partial charge in [0.05, 0.1) is 0 Å². The molecule has 0 aliphatic heterocycles. The lowest BCUT2D eigenvalue weighted by atomic mass is 9.77. The van der Waals surface area contributed by atoms with Crippen LogP contribution in [0.3, 0.4) is 0 Å². The van der Waals surface area contributed by atoms with E-state index in [1.165, 1.54) is 56.9 Å². The number of aryl methyl sites for hydroxylation is 1. The molecule has 1 aliphatic carbocycles. The van der Waals surface area contributed by atoms with Gasteiger partial charge in [0, 0.05) is 6.42 Å². The van der Waals surface area contributed by atoms with Gasteiger partial charge in [0.25, 0.3) is 0 Å².